The van der Waals surface area contributed by atoms with Gasteiger partial charge in [-0.1, -0.05) is 47.5 Å². The summed E-state index contributed by atoms with van der Waals surface area (Å²) in [4.78, 5) is 12.2. The first kappa shape index (κ1) is 21.8. The number of nitrogens with one attached hydrogen (secondary N) is 2. The molecule has 0 unspecified atom stereocenters. The van der Waals surface area contributed by atoms with Crippen LogP contribution in [0.2, 0.25) is 10.0 Å². The molecule has 156 valence electrons. The van der Waals surface area contributed by atoms with Gasteiger partial charge in [-0.3, -0.25) is 4.79 Å². The van der Waals surface area contributed by atoms with E-state index >= 15 is 0 Å². The van der Waals surface area contributed by atoms with Crippen LogP contribution >= 0.6 is 23.2 Å². The third kappa shape index (κ3) is 5.81. The predicted octanol–water partition coefficient (Wildman–Crippen LogP) is 5.94. The van der Waals surface area contributed by atoms with Crippen LogP contribution < -0.4 is 20.1 Å². The van der Waals surface area contributed by atoms with Crippen molar-refractivity contribution in [2.24, 2.45) is 0 Å². The number of benzene rings is 3. The molecule has 0 aromatic heterocycles. The number of amides is 1. The van der Waals surface area contributed by atoms with Gasteiger partial charge in [-0.15, -0.1) is 0 Å². The summed E-state index contributed by atoms with van der Waals surface area (Å²) in [7, 11) is 1.56. The molecule has 2 N–H and O–H groups in total. The van der Waals surface area contributed by atoms with Gasteiger partial charge in [0.2, 0.25) is 0 Å². The Bertz CT molecular complexity index is 1040. The zero-order chi connectivity index (χ0) is 21.5. The first-order chi connectivity index (χ1) is 14.5. The number of carbonyl (C=O) groups excluding carboxylic acids is 1. The van der Waals surface area contributed by atoms with E-state index in [0.717, 1.165) is 16.8 Å². The highest BCUT2D eigenvalue weighted by Gasteiger charge is 2.10. The maximum Gasteiger partial charge on any atom is 0.262 e. The molecule has 0 radical (unpaired) electrons. The molecule has 0 aliphatic rings. The standard InChI is InChI=1S/C23H22Cl2N2O3/c1-15-7-9-17(24)12-20(15)26-13-16-8-10-21(22(11-16)29-2)30-14-23(28)27-19-6-4-3-5-18(19)25/h3-12,26H,13-14H2,1-2H3,(H,27,28). The first-order valence-corrected chi connectivity index (χ1v) is 10.1. The van der Waals surface area contributed by atoms with Crippen molar-refractivity contribution in [3.8, 4) is 11.5 Å². The van der Waals surface area contributed by atoms with Crippen LogP contribution in [0.3, 0.4) is 0 Å². The van der Waals surface area contributed by atoms with Gasteiger partial charge in [0.05, 0.1) is 17.8 Å². The van der Waals surface area contributed by atoms with Gasteiger partial charge in [0.25, 0.3) is 5.91 Å². The lowest BCUT2D eigenvalue weighted by atomic mass is 10.1. The van der Waals surface area contributed by atoms with Crippen molar-refractivity contribution in [3.63, 3.8) is 0 Å². The van der Waals surface area contributed by atoms with Gasteiger partial charge < -0.3 is 20.1 Å². The summed E-state index contributed by atoms with van der Waals surface area (Å²) in [6.07, 6.45) is 0. The van der Waals surface area contributed by atoms with Crippen LogP contribution in [-0.2, 0) is 11.3 Å². The molecule has 30 heavy (non-hydrogen) atoms. The van der Waals surface area contributed by atoms with Gasteiger partial charge >= 0.3 is 0 Å². The summed E-state index contributed by atoms with van der Waals surface area (Å²) in [6.45, 7) is 2.44. The molecule has 3 aromatic rings. The monoisotopic (exact) mass is 444 g/mol. The Labute approximate surface area is 185 Å². The van der Waals surface area contributed by atoms with Gasteiger partial charge in [0.15, 0.2) is 18.1 Å². The quantitative estimate of drug-likeness (QED) is 0.451. The van der Waals surface area contributed by atoms with Gasteiger partial charge in [0.1, 0.15) is 0 Å². The van der Waals surface area contributed by atoms with Crippen LogP contribution in [0, 0.1) is 6.92 Å². The smallest absolute Gasteiger partial charge is 0.262 e. The van der Waals surface area contributed by atoms with Crippen molar-refractivity contribution in [1.82, 2.24) is 0 Å². The molecular weight excluding hydrogens is 423 g/mol. The summed E-state index contributed by atoms with van der Waals surface area (Å²) in [6, 6.07) is 18.3. The second-order valence-electron chi connectivity index (χ2n) is 6.61. The van der Waals surface area contributed by atoms with E-state index in [9.17, 15) is 4.79 Å². The number of methoxy groups -OCH3 is 1. The van der Waals surface area contributed by atoms with Crippen molar-refractivity contribution in [1.29, 1.82) is 0 Å². The van der Waals surface area contributed by atoms with Crippen molar-refractivity contribution in [3.05, 3.63) is 81.8 Å². The molecule has 5 nitrogen and oxygen atoms in total. The maximum absolute atomic E-state index is 12.2. The number of hydrogen-bond donors (Lipinski definition) is 2. The zero-order valence-corrected chi connectivity index (χ0v) is 18.2. The Kier molecular flexibility index (Phi) is 7.44. The molecule has 0 heterocycles. The summed E-state index contributed by atoms with van der Waals surface area (Å²) < 4.78 is 11.1. The van der Waals surface area contributed by atoms with Gasteiger partial charge in [-0.05, 0) is 54.4 Å². The number of ether oxygens (including phenoxy) is 2. The van der Waals surface area contributed by atoms with Crippen LogP contribution in [-0.4, -0.2) is 19.6 Å². The molecule has 0 saturated carbocycles. The van der Waals surface area contributed by atoms with Gasteiger partial charge in [0, 0.05) is 17.3 Å². The van der Waals surface area contributed by atoms with Crippen molar-refractivity contribution in [2.75, 3.05) is 24.4 Å². The van der Waals surface area contributed by atoms with Crippen LogP contribution in [0.4, 0.5) is 11.4 Å². The largest absolute Gasteiger partial charge is 0.493 e. The second kappa shape index (κ2) is 10.2. The Morgan fingerprint density at radius 1 is 0.967 bits per heavy atom. The zero-order valence-electron chi connectivity index (χ0n) is 16.7. The minimum absolute atomic E-state index is 0.166. The van der Waals surface area contributed by atoms with E-state index in [4.69, 9.17) is 32.7 Å². The van der Waals surface area contributed by atoms with E-state index in [1.165, 1.54) is 0 Å². The average Bonchev–Trinajstić information content (AvgIpc) is 2.74. The highest BCUT2D eigenvalue weighted by molar-refractivity contribution is 6.33. The van der Waals surface area contributed by atoms with Gasteiger partial charge in [-0.2, -0.15) is 0 Å². The molecule has 0 spiro atoms. The number of anilines is 2. The Morgan fingerprint density at radius 3 is 2.53 bits per heavy atom. The van der Waals surface area contributed by atoms with E-state index < -0.39 is 0 Å². The predicted molar refractivity (Wildman–Crippen MR) is 122 cm³/mol. The molecule has 0 bridgehead atoms. The lowest BCUT2D eigenvalue weighted by Crippen LogP contribution is -2.20. The topological polar surface area (TPSA) is 59.6 Å². The fourth-order valence-corrected chi connectivity index (χ4v) is 3.17. The van der Waals surface area contributed by atoms with E-state index in [1.54, 1.807) is 37.4 Å². The lowest BCUT2D eigenvalue weighted by Gasteiger charge is -2.14. The number of rotatable bonds is 8. The van der Waals surface area contributed by atoms with E-state index in [0.29, 0.717) is 33.8 Å². The van der Waals surface area contributed by atoms with E-state index in [-0.39, 0.29) is 12.5 Å². The summed E-state index contributed by atoms with van der Waals surface area (Å²) in [5.74, 6) is 0.712. The Hall–Kier alpha value is -2.89. The molecule has 0 atom stereocenters. The maximum atomic E-state index is 12.2. The summed E-state index contributed by atoms with van der Waals surface area (Å²) >= 11 is 12.1. The van der Waals surface area contributed by atoms with Crippen LogP contribution in [0.5, 0.6) is 11.5 Å². The molecule has 0 aliphatic carbocycles. The van der Waals surface area contributed by atoms with Crippen molar-refractivity contribution in [2.45, 2.75) is 13.5 Å². The summed E-state index contributed by atoms with van der Waals surface area (Å²) in [5.41, 5.74) is 3.62. The molecular formula is C23H22Cl2N2O3. The van der Waals surface area contributed by atoms with Crippen LogP contribution in [0.1, 0.15) is 11.1 Å². The number of para-hydroxylation sites is 1. The Morgan fingerprint density at radius 2 is 1.77 bits per heavy atom. The highest BCUT2D eigenvalue weighted by Crippen LogP contribution is 2.29. The van der Waals surface area contributed by atoms with E-state index in [1.807, 2.05) is 37.3 Å². The number of hydrogen-bond acceptors (Lipinski definition) is 4. The number of carbonyl (C=O) groups is 1. The third-order valence-corrected chi connectivity index (χ3v) is 4.98. The minimum atomic E-state index is -0.313. The fraction of sp³-hybridized carbons (Fsp3) is 0.174. The third-order valence-electron chi connectivity index (χ3n) is 4.42. The SMILES string of the molecule is COc1cc(CNc2cc(Cl)ccc2C)ccc1OCC(=O)Nc1ccccc1Cl. The number of aryl methyl sites for hydroxylation is 1. The highest BCUT2D eigenvalue weighted by atomic mass is 35.5. The average molecular weight is 445 g/mol. The molecule has 0 fully saturated rings. The molecule has 1 amide bonds. The molecule has 0 aliphatic heterocycles. The second-order valence-corrected chi connectivity index (χ2v) is 7.46. The van der Waals surface area contributed by atoms with Crippen molar-refractivity contribution < 1.29 is 14.3 Å². The van der Waals surface area contributed by atoms with Crippen LogP contribution in [0.25, 0.3) is 0 Å². The minimum Gasteiger partial charge on any atom is -0.493 e. The van der Waals surface area contributed by atoms with Gasteiger partial charge in [-0.25, -0.2) is 0 Å². The van der Waals surface area contributed by atoms with Crippen molar-refractivity contribution >= 4 is 40.5 Å². The lowest BCUT2D eigenvalue weighted by molar-refractivity contribution is -0.118. The molecule has 0 saturated heterocycles. The normalized spacial score (nSPS) is 10.4. The molecule has 3 aromatic carbocycles. The summed E-state index contributed by atoms with van der Waals surface area (Å²) in [5, 5.41) is 7.23. The Balaban J connectivity index is 1.60. The fourth-order valence-electron chi connectivity index (χ4n) is 2.82. The number of halogens is 2. The molecule has 7 heteroatoms. The molecule has 3 rings (SSSR count). The van der Waals surface area contributed by atoms with Crippen LogP contribution in [0.15, 0.2) is 60.7 Å². The van der Waals surface area contributed by atoms with E-state index in [2.05, 4.69) is 10.6 Å². The first-order valence-electron chi connectivity index (χ1n) is 9.30.